The first-order valence-corrected chi connectivity index (χ1v) is 10.1. The number of hydrogen-bond acceptors (Lipinski definition) is 5. The molecular weight excluding hydrogens is 369 g/mol. The van der Waals surface area contributed by atoms with E-state index in [0.717, 1.165) is 38.3 Å². The summed E-state index contributed by atoms with van der Waals surface area (Å²) in [6.45, 7) is 3.96. The molecule has 0 amide bonds. The van der Waals surface area contributed by atoms with Crippen LogP contribution in [0.4, 0.5) is 10.1 Å². The summed E-state index contributed by atoms with van der Waals surface area (Å²) in [6.07, 6.45) is 0. The SMILES string of the molecule is CN1CCN(CC(=O)c2ccc(NS(=O)(=O)c3ccc(F)cc3)cc2)CC1. The second kappa shape index (κ2) is 8.16. The van der Waals surface area contributed by atoms with Crippen molar-refractivity contribution in [1.82, 2.24) is 9.80 Å². The Kier molecular flexibility index (Phi) is 5.88. The number of anilines is 1. The number of benzene rings is 2. The van der Waals surface area contributed by atoms with Gasteiger partial charge in [-0.15, -0.1) is 0 Å². The molecule has 3 rings (SSSR count). The molecule has 0 aromatic heterocycles. The lowest BCUT2D eigenvalue weighted by Crippen LogP contribution is -2.46. The molecule has 0 bridgehead atoms. The average Bonchev–Trinajstić information content (AvgIpc) is 2.64. The Bertz CT molecular complexity index is 891. The summed E-state index contributed by atoms with van der Waals surface area (Å²) in [5.41, 5.74) is 0.883. The van der Waals surface area contributed by atoms with Crippen LogP contribution in [0.2, 0.25) is 0 Å². The Morgan fingerprint density at radius 2 is 1.59 bits per heavy atom. The fraction of sp³-hybridized carbons (Fsp3) is 0.316. The van der Waals surface area contributed by atoms with Crippen LogP contribution in [0.15, 0.2) is 53.4 Å². The van der Waals surface area contributed by atoms with Crippen LogP contribution in [-0.2, 0) is 10.0 Å². The minimum atomic E-state index is -3.81. The highest BCUT2D eigenvalue weighted by Gasteiger charge is 2.18. The van der Waals surface area contributed by atoms with E-state index in [4.69, 9.17) is 0 Å². The molecule has 2 aromatic carbocycles. The lowest BCUT2D eigenvalue weighted by molar-refractivity contribution is 0.0876. The Morgan fingerprint density at radius 1 is 1.00 bits per heavy atom. The molecule has 0 spiro atoms. The molecule has 1 heterocycles. The van der Waals surface area contributed by atoms with E-state index >= 15 is 0 Å². The molecule has 1 fully saturated rings. The first-order chi connectivity index (χ1) is 12.8. The highest BCUT2D eigenvalue weighted by molar-refractivity contribution is 7.92. The quantitative estimate of drug-likeness (QED) is 0.764. The Labute approximate surface area is 158 Å². The zero-order chi connectivity index (χ0) is 19.4. The third-order valence-corrected chi connectivity index (χ3v) is 5.94. The van der Waals surface area contributed by atoms with E-state index in [1.165, 1.54) is 12.1 Å². The number of sulfonamides is 1. The van der Waals surface area contributed by atoms with Crippen LogP contribution in [0.1, 0.15) is 10.4 Å². The number of rotatable bonds is 6. The second-order valence-corrected chi connectivity index (χ2v) is 8.32. The van der Waals surface area contributed by atoms with Crippen molar-refractivity contribution in [3.63, 3.8) is 0 Å². The molecule has 27 heavy (non-hydrogen) atoms. The van der Waals surface area contributed by atoms with Crippen molar-refractivity contribution in [1.29, 1.82) is 0 Å². The maximum Gasteiger partial charge on any atom is 0.261 e. The summed E-state index contributed by atoms with van der Waals surface area (Å²) in [7, 11) is -1.75. The van der Waals surface area contributed by atoms with Crippen LogP contribution in [0.25, 0.3) is 0 Å². The molecule has 1 aliphatic rings. The van der Waals surface area contributed by atoms with Gasteiger partial charge in [0, 0.05) is 37.4 Å². The van der Waals surface area contributed by atoms with E-state index in [2.05, 4.69) is 21.6 Å². The van der Waals surface area contributed by atoms with Gasteiger partial charge < -0.3 is 4.90 Å². The number of halogens is 1. The summed E-state index contributed by atoms with van der Waals surface area (Å²) < 4.78 is 40.0. The molecule has 144 valence electrons. The summed E-state index contributed by atoms with van der Waals surface area (Å²) >= 11 is 0. The van der Waals surface area contributed by atoms with Gasteiger partial charge in [-0.25, -0.2) is 12.8 Å². The van der Waals surface area contributed by atoms with Crippen LogP contribution in [-0.4, -0.2) is 63.8 Å². The van der Waals surface area contributed by atoms with Gasteiger partial charge in [0.2, 0.25) is 0 Å². The number of carbonyl (C=O) groups is 1. The monoisotopic (exact) mass is 391 g/mol. The van der Waals surface area contributed by atoms with Crippen molar-refractivity contribution in [3.05, 3.63) is 59.9 Å². The topological polar surface area (TPSA) is 69.7 Å². The number of piperazine rings is 1. The van der Waals surface area contributed by atoms with Gasteiger partial charge in [0.05, 0.1) is 11.4 Å². The van der Waals surface area contributed by atoms with Crippen LogP contribution < -0.4 is 4.72 Å². The fourth-order valence-corrected chi connectivity index (χ4v) is 3.91. The van der Waals surface area contributed by atoms with E-state index in [9.17, 15) is 17.6 Å². The number of carbonyl (C=O) groups excluding carboxylic acids is 1. The van der Waals surface area contributed by atoms with Crippen molar-refractivity contribution in [2.24, 2.45) is 0 Å². The predicted molar refractivity (Wildman–Crippen MR) is 102 cm³/mol. The molecule has 0 atom stereocenters. The minimum absolute atomic E-state index is 0.00694. The summed E-state index contributed by atoms with van der Waals surface area (Å²) in [6, 6.07) is 10.9. The van der Waals surface area contributed by atoms with Gasteiger partial charge in [-0.2, -0.15) is 0 Å². The lowest BCUT2D eigenvalue weighted by atomic mass is 10.1. The second-order valence-electron chi connectivity index (χ2n) is 6.64. The normalized spacial score (nSPS) is 16.2. The molecular formula is C19H22FN3O3S. The fourth-order valence-electron chi connectivity index (χ4n) is 2.85. The molecule has 1 aliphatic heterocycles. The number of nitrogens with zero attached hydrogens (tertiary/aromatic N) is 2. The van der Waals surface area contributed by atoms with E-state index in [-0.39, 0.29) is 10.7 Å². The van der Waals surface area contributed by atoms with Gasteiger partial charge in [0.1, 0.15) is 5.82 Å². The minimum Gasteiger partial charge on any atom is -0.304 e. The largest absolute Gasteiger partial charge is 0.304 e. The number of nitrogens with one attached hydrogen (secondary N) is 1. The van der Waals surface area contributed by atoms with Crippen molar-refractivity contribution >= 4 is 21.5 Å². The van der Waals surface area contributed by atoms with E-state index < -0.39 is 15.8 Å². The highest BCUT2D eigenvalue weighted by Crippen LogP contribution is 2.17. The lowest BCUT2D eigenvalue weighted by Gasteiger charge is -2.31. The van der Waals surface area contributed by atoms with E-state index in [1.807, 2.05) is 0 Å². The Morgan fingerprint density at radius 3 is 2.19 bits per heavy atom. The molecule has 0 radical (unpaired) electrons. The molecule has 1 saturated heterocycles. The Balaban J connectivity index is 1.63. The summed E-state index contributed by atoms with van der Waals surface area (Å²) in [5, 5.41) is 0. The molecule has 8 heteroatoms. The van der Waals surface area contributed by atoms with Crippen molar-refractivity contribution < 1.29 is 17.6 Å². The smallest absolute Gasteiger partial charge is 0.261 e. The molecule has 2 aromatic rings. The standard InChI is InChI=1S/C19H22FN3O3S/c1-22-10-12-23(13-11-22)14-19(24)15-2-6-17(7-3-15)21-27(25,26)18-8-4-16(20)5-9-18/h2-9,21H,10-14H2,1H3. The van der Waals surface area contributed by atoms with Crippen LogP contribution >= 0.6 is 0 Å². The van der Waals surface area contributed by atoms with Gasteiger partial charge in [0.15, 0.2) is 5.78 Å². The zero-order valence-electron chi connectivity index (χ0n) is 15.1. The molecule has 1 N–H and O–H groups in total. The first-order valence-electron chi connectivity index (χ1n) is 8.66. The van der Waals surface area contributed by atoms with Crippen LogP contribution in [0, 0.1) is 5.82 Å². The zero-order valence-corrected chi connectivity index (χ0v) is 15.9. The number of likely N-dealkylation sites (N-methyl/N-ethyl adjacent to an activating group) is 1. The van der Waals surface area contributed by atoms with Crippen molar-refractivity contribution in [2.45, 2.75) is 4.90 Å². The molecule has 0 saturated carbocycles. The number of ketones is 1. The van der Waals surface area contributed by atoms with Gasteiger partial charge in [0.25, 0.3) is 10.0 Å². The molecule has 0 aliphatic carbocycles. The van der Waals surface area contributed by atoms with E-state index in [0.29, 0.717) is 17.8 Å². The van der Waals surface area contributed by atoms with Crippen LogP contribution in [0.3, 0.4) is 0 Å². The first kappa shape index (κ1) is 19.5. The maximum absolute atomic E-state index is 13.0. The predicted octanol–water partition coefficient (Wildman–Crippen LogP) is 2.06. The van der Waals surface area contributed by atoms with Gasteiger partial charge in [-0.05, 0) is 55.6 Å². The highest BCUT2D eigenvalue weighted by atomic mass is 32.2. The third kappa shape index (κ3) is 5.12. The van der Waals surface area contributed by atoms with E-state index in [1.54, 1.807) is 24.3 Å². The van der Waals surface area contributed by atoms with Gasteiger partial charge in [-0.1, -0.05) is 0 Å². The number of hydrogen-bond donors (Lipinski definition) is 1. The maximum atomic E-state index is 13.0. The average molecular weight is 391 g/mol. The van der Waals surface area contributed by atoms with Crippen molar-refractivity contribution in [2.75, 3.05) is 44.5 Å². The van der Waals surface area contributed by atoms with Gasteiger partial charge in [-0.3, -0.25) is 14.4 Å². The molecule has 0 unspecified atom stereocenters. The Hall–Kier alpha value is -2.29. The number of Topliss-reactive ketones (excluding diaryl/α,β-unsaturated/α-hetero) is 1. The van der Waals surface area contributed by atoms with Crippen molar-refractivity contribution in [3.8, 4) is 0 Å². The summed E-state index contributed by atoms with van der Waals surface area (Å²) in [4.78, 5) is 16.7. The third-order valence-electron chi connectivity index (χ3n) is 4.55. The van der Waals surface area contributed by atoms with Crippen LogP contribution in [0.5, 0.6) is 0 Å². The summed E-state index contributed by atoms with van der Waals surface area (Å²) in [5.74, 6) is -0.496. The van der Waals surface area contributed by atoms with Gasteiger partial charge >= 0.3 is 0 Å². The molecule has 6 nitrogen and oxygen atoms in total.